The van der Waals surface area contributed by atoms with Crippen molar-refractivity contribution in [3.05, 3.63) is 23.8 Å². The van der Waals surface area contributed by atoms with Gasteiger partial charge < -0.3 is 19.7 Å². The Bertz CT molecular complexity index is 369. The first-order valence-electron chi connectivity index (χ1n) is 6.75. The number of benzene rings is 1. The molecule has 0 amide bonds. The second-order valence-electron chi connectivity index (χ2n) is 4.69. The fourth-order valence-corrected chi connectivity index (χ4v) is 2.01. The third-order valence-electron chi connectivity index (χ3n) is 3.22. The molecule has 0 saturated heterocycles. The van der Waals surface area contributed by atoms with E-state index in [0.717, 1.165) is 37.6 Å². The summed E-state index contributed by atoms with van der Waals surface area (Å²) in [4.78, 5) is 2.35. The van der Waals surface area contributed by atoms with E-state index >= 15 is 0 Å². The van der Waals surface area contributed by atoms with E-state index in [2.05, 4.69) is 23.3 Å². The summed E-state index contributed by atoms with van der Waals surface area (Å²) in [6.45, 7) is 3.21. The van der Waals surface area contributed by atoms with Gasteiger partial charge in [-0.1, -0.05) is 6.07 Å². The summed E-state index contributed by atoms with van der Waals surface area (Å²) in [5.41, 5.74) is 1.23. The van der Waals surface area contributed by atoms with Gasteiger partial charge in [0.05, 0.1) is 14.2 Å². The third-order valence-corrected chi connectivity index (χ3v) is 3.22. The van der Waals surface area contributed by atoms with E-state index in [1.807, 2.05) is 19.2 Å². The number of rotatable bonds is 9. The van der Waals surface area contributed by atoms with E-state index in [9.17, 15) is 0 Å². The van der Waals surface area contributed by atoms with Crippen molar-refractivity contribution in [3.8, 4) is 11.5 Å². The topological polar surface area (TPSA) is 33.7 Å². The summed E-state index contributed by atoms with van der Waals surface area (Å²) >= 11 is 0. The van der Waals surface area contributed by atoms with Gasteiger partial charge in [-0.15, -0.1) is 0 Å². The second-order valence-corrected chi connectivity index (χ2v) is 4.69. The van der Waals surface area contributed by atoms with Crippen LogP contribution in [0.4, 0.5) is 0 Å². The highest BCUT2D eigenvalue weighted by Gasteiger charge is 2.06. The number of nitrogens with one attached hydrogen (secondary N) is 1. The molecule has 0 saturated carbocycles. The molecule has 0 aromatic heterocycles. The minimum atomic E-state index is 0.836. The molecule has 0 bridgehead atoms. The van der Waals surface area contributed by atoms with Gasteiger partial charge in [0.2, 0.25) is 0 Å². The van der Waals surface area contributed by atoms with Gasteiger partial charge in [-0.05, 0) is 51.7 Å². The highest BCUT2D eigenvalue weighted by atomic mass is 16.5. The van der Waals surface area contributed by atoms with Crippen LogP contribution >= 0.6 is 0 Å². The highest BCUT2D eigenvalue weighted by molar-refractivity contribution is 5.40. The predicted molar refractivity (Wildman–Crippen MR) is 79.3 cm³/mol. The van der Waals surface area contributed by atoms with Crippen LogP contribution in [0.15, 0.2) is 18.2 Å². The van der Waals surface area contributed by atoms with Crippen LogP contribution in [-0.2, 0) is 6.42 Å². The zero-order chi connectivity index (χ0) is 14.1. The first-order valence-corrected chi connectivity index (χ1v) is 6.75. The summed E-state index contributed by atoms with van der Waals surface area (Å²) in [5, 5.41) is 3.17. The molecule has 1 rings (SSSR count). The van der Waals surface area contributed by atoms with Gasteiger partial charge in [-0.25, -0.2) is 0 Å². The molecule has 0 spiro atoms. The van der Waals surface area contributed by atoms with Crippen molar-refractivity contribution in [1.29, 1.82) is 0 Å². The van der Waals surface area contributed by atoms with Crippen LogP contribution in [0, 0.1) is 0 Å². The van der Waals surface area contributed by atoms with Gasteiger partial charge in [-0.3, -0.25) is 0 Å². The van der Waals surface area contributed by atoms with Crippen molar-refractivity contribution < 1.29 is 9.47 Å². The maximum absolute atomic E-state index is 5.41. The van der Waals surface area contributed by atoms with E-state index in [1.54, 1.807) is 14.2 Å². The van der Waals surface area contributed by atoms with Crippen LogP contribution in [0.25, 0.3) is 0 Å². The Morgan fingerprint density at radius 2 is 1.95 bits per heavy atom. The second kappa shape index (κ2) is 8.77. The third kappa shape index (κ3) is 5.49. The fourth-order valence-electron chi connectivity index (χ4n) is 2.01. The lowest BCUT2D eigenvalue weighted by Gasteiger charge is -2.17. The first-order chi connectivity index (χ1) is 9.21. The van der Waals surface area contributed by atoms with Crippen LogP contribution in [0.3, 0.4) is 0 Å². The van der Waals surface area contributed by atoms with Gasteiger partial charge >= 0.3 is 0 Å². The monoisotopic (exact) mass is 266 g/mol. The van der Waals surface area contributed by atoms with Crippen molar-refractivity contribution in [2.45, 2.75) is 12.8 Å². The molecular formula is C15H26N2O2. The summed E-state index contributed by atoms with van der Waals surface area (Å²) in [5.74, 6) is 1.74. The molecule has 0 atom stereocenters. The quantitative estimate of drug-likeness (QED) is 0.691. The van der Waals surface area contributed by atoms with Crippen LogP contribution in [0.1, 0.15) is 12.0 Å². The van der Waals surface area contributed by atoms with Gasteiger partial charge in [-0.2, -0.15) is 0 Å². The largest absolute Gasteiger partial charge is 0.497 e. The van der Waals surface area contributed by atoms with E-state index in [0.29, 0.717) is 0 Å². The van der Waals surface area contributed by atoms with Crippen LogP contribution < -0.4 is 14.8 Å². The molecular weight excluding hydrogens is 240 g/mol. The molecule has 4 heteroatoms. The van der Waals surface area contributed by atoms with Gasteiger partial charge in [0, 0.05) is 12.6 Å². The predicted octanol–water partition coefficient (Wildman–Crippen LogP) is 1.79. The van der Waals surface area contributed by atoms with E-state index in [4.69, 9.17) is 9.47 Å². The molecule has 1 aromatic carbocycles. The summed E-state index contributed by atoms with van der Waals surface area (Å²) in [6, 6.07) is 6.01. The minimum absolute atomic E-state index is 0.836. The summed E-state index contributed by atoms with van der Waals surface area (Å²) in [7, 11) is 7.52. The Balaban J connectivity index is 2.47. The molecule has 0 fully saturated rings. The lowest BCUT2D eigenvalue weighted by atomic mass is 10.1. The van der Waals surface area contributed by atoms with E-state index < -0.39 is 0 Å². The zero-order valence-corrected chi connectivity index (χ0v) is 12.5. The lowest BCUT2D eigenvalue weighted by Crippen LogP contribution is -2.25. The molecule has 1 aromatic rings. The smallest absolute Gasteiger partial charge is 0.125 e. The maximum atomic E-state index is 5.41. The van der Waals surface area contributed by atoms with Gasteiger partial charge in [0.15, 0.2) is 0 Å². The number of methoxy groups -OCH3 is 2. The molecule has 0 unspecified atom stereocenters. The number of ether oxygens (including phenoxy) is 2. The average molecular weight is 266 g/mol. The van der Waals surface area contributed by atoms with Gasteiger partial charge in [0.1, 0.15) is 11.5 Å². The molecule has 19 heavy (non-hydrogen) atoms. The standard InChI is InChI=1S/C15H26N2O2/c1-16-9-5-10-17(2)11-8-13-6-7-14(18-3)12-15(13)19-4/h6-7,12,16H,5,8-11H2,1-4H3. The highest BCUT2D eigenvalue weighted by Crippen LogP contribution is 2.24. The number of nitrogens with zero attached hydrogens (tertiary/aromatic N) is 1. The molecule has 0 heterocycles. The Morgan fingerprint density at radius 1 is 1.16 bits per heavy atom. The minimum Gasteiger partial charge on any atom is -0.497 e. The normalized spacial score (nSPS) is 10.8. The number of likely N-dealkylation sites (N-methyl/N-ethyl adjacent to an activating group) is 1. The maximum Gasteiger partial charge on any atom is 0.125 e. The zero-order valence-electron chi connectivity index (χ0n) is 12.5. The lowest BCUT2D eigenvalue weighted by molar-refractivity contribution is 0.329. The van der Waals surface area contributed by atoms with Crippen LogP contribution in [-0.4, -0.2) is 52.8 Å². The van der Waals surface area contributed by atoms with Crippen molar-refractivity contribution in [2.24, 2.45) is 0 Å². The Kier molecular flexibility index (Phi) is 7.30. The Labute approximate surface area is 116 Å². The average Bonchev–Trinajstić information content (AvgIpc) is 2.45. The van der Waals surface area contributed by atoms with Crippen LogP contribution in [0.2, 0.25) is 0 Å². The molecule has 1 N–H and O–H groups in total. The number of hydrogen-bond acceptors (Lipinski definition) is 4. The van der Waals surface area contributed by atoms with Crippen molar-refractivity contribution in [3.63, 3.8) is 0 Å². The molecule has 108 valence electrons. The van der Waals surface area contributed by atoms with Crippen molar-refractivity contribution in [1.82, 2.24) is 10.2 Å². The summed E-state index contributed by atoms with van der Waals surface area (Å²) < 4.78 is 10.6. The SMILES string of the molecule is CNCCCN(C)CCc1ccc(OC)cc1OC. The first kappa shape index (κ1) is 15.8. The molecule has 0 aliphatic carbocycles. The van der Waals surface area contributed by atoms with E-state index in [1.165, 1.54) is 12.0 Å². The number of hydrogen-bond donors (Lipinski definition) is 1. The molecule has 0 aliphatic rings. The van der Waals surface area contributed by atoms with Crippen molar-refractivity contribution in [2.75, 3.05) is 47.9 Å². The van der Waals surface area contributed by atoms with Crippen LogP contribution in [0.5, 0.6) is 11.5 Å². The fraction of sp³-hybridized carbons (Fsp3) is 0.600. The Hall–Kier alpha value is -1.26. The molecule has 0 aliphatic heterocycles. The van der Waals surface area contributed by atoms with E-state index in [-0.39, 0.29) is 0 Å². The molecule has 0 radical (unpaired) electrons. The molecule has 4 nitrogen and oxygen atoms in total. The van der Waals surface area contributed by atoms with Crippen molar-refractivity contribution >= 4 is 0 Å². The van der Waals surface area contributed by atoms with Gasteiger partial charge in [0.25, 0.3) is 0 Å². The summed E-state index contributed by atoms with van der Waals surface area (Å²) in [6.07, 6.45) is 2.16. The Morgan fingerprint density at radius 3 is 2.58 bits per heavy atom.